The van der Waals surface area contributed by atoms with Gasteiger partial charge in [-0.3, -0.25) is 14.6 Å². The molecule has 0 aliphatic heterocycles. The SMILES string of the molecule is Cc1ccc(NC(=O)Cn2nnc(-c3ccccc3NC(=O)c3cnc(C)cn3)n2)cc1. The summed E-state index contributed by atoms with van der Waals surface area (Å²) in [6.45, 7) is 3.66. The second kappa shape index (κ2) is 9.13. The molecule has 0 saturated heterocycles. The Labute approximate surface area is 183 Å². The molecule has 4 rings (SSSR count). The zero-order chi connectivity index (χ0) is 22.5. The fourth-order valence-electron chi connectivity index (χ4n) is 2.87. The van der Waals surface area contributed by atoms with Gasteiger partial charge < -0.3 is 10.6 Å². The van der Waals surface area contributed by atoms with Crippen molar-refractivity contribution in [1.82, 2.24) is 30.2 Å². The van der Waals surface area contributed by atoms with E-state index in [2.05, 4.69) is 36.0 Å². The first kappa shape index (κ1) is 20.8. The zero-order valence-corrected chi connectivity index (χ0v) is 17.5. The van der Waals surface area contributed by atoms with Crippen molar-refractivity contribution in [2.75, 3.05) is 10.6 Å². The lowest BCUT2D eigenvalue weighted by Gasteiger charge is -2.08. The van der Waals surface area contributed by atoms with Gasteiger partial charge in [-0.25, -0.2) is 4.98 Å². The molecule has 0 spiro atoms. The number of tetrazole rings is 1. The van der Waals surface area contributed by atoms with Crippen molar-refractivity contribution in [2.24, 2.45) is 0 Å². The maximum atomic E-state index is 12.5. The normalized spacial score (nSPS) is 10.6. The number of anilines is 2. The van der Waals surface area contributed by atoms with Gasteiger partial charge in [0.25, 0.3) is 5.91 Å². The number of rotatable bonds is 6. The number of para-hydroxylation sites is 1. The van der Waals surface area contributed by atoms with Gasteiger partial charge in [0.1, 0.15) is 12.2 Å². The minimum absolute atomic E-state index is 0.103. The summed E-state index contributed by atoms with van der Waals surface area (Å²) in [6.07, 6.45) is 2.93. The van der Waals surface area contributed by atoms with E-state index in [1.807, 2.05) is 31.2 Å². The molecule has 2 amide bonds. The zero-order valence-electron chi connectivity index (χ0n) is 17.5. The number of nitrogens with one attached hydrogen (secondary N) is 2. The smallest absolute Gasteiger partial charge is 0.275 e. The first-order valence-electron chi connectivity index (χ1n) is 9.81. The predicted octanol–water partition coefficient (Wildman–Crippen LogP) is 2.64. The Morgan fingerprint density at radius 3 is 2.47 bits per heavy atom. The first-order chi connectivity index (χ1) is 15.5. The highest BCUT2D eigenvalue weighted by Crippen LogP contribution is 2.24. The number of amides is 2. The number of nitrogens with zero attached hydrogens (tertiary/aromatic N) is 6. The number of carbonyl (C=O) groups is 2. The van der Waals surface area contributed by atoms with Crippen LogP contribution in [0.5, 0.6) is 0 Å². The summed E-state index contributed by atoms with van der Waals surface area (Å²) in [5.41, 5.74) is 3.75. The molecule has 2 aromatic carbocycles. The molecular weight excluding hydrogens is 408 g/mol. The van der Waals surface area contributed by atoms with Crippen molar-refractivity contribution in [2.45, 2.75) is 20.4 Å². The van der Waals surface area contributed by atoms with Crippen LogP contribution in [-0.4, -0.2) is 42.0 Å². The molecule has 10 nitrogen and oxygen atoms in total. The van der Waals surface area contributed by atoms with E-state index in [0.717, 1.165) is 5.56 Å². The van der Waals surface area contributed by atoms with Crippen LogP contribution in [0.15, 0.2) is 60.9 Å². The van der Waals surface area contributed by atoms with Gasteiger partial charge in [-0.05, 0) is 43.3 Å². The molecule has 0 atom stereocenters. The van der Waals surface area contributed by atoms with E-state index >= 15 is 0 Å². The number of hydrogen-bond donors (Lipinski definition) is 2. The number of carbonyl (C=O) groups excluding carboxylic acids is 2. The lowest BCUT2D eigenvalue weighted by atomic mass is 10.1. The fraction of sp³-hybridized carbons (Fsp3) is 0.136. The summed E-state index contributed by atoms with van der Waals surface area (Å²) in [7, 11) is 0. The minimum atomic E-state index is -0.408. The van der Waals surface area contributed by atoms with Gasteiger partial charge in [0, 0.05) is 17.4 Å². The van der Waals surface area contributed by atoms with E-state index in [0.29, 0.717) is 22.6 Å². The van der Waals surface area contributed by atoms with Crippen LogP contribution < -0.4 is 10.6 Å². The third-order valence-corrected chi connectivity index (χ3v) is 4.50. The van der Waals surface area contributed by atoms with Crippen molar-refractivity contribution in [3.63, 3.8) is 0 Å². The van der Waals surface area contributed by atoms with Crippen LogP contribution in [0.2, 0.25) is 0 Å². The Kier molecular flexibility index (Phi) is 5.93. The quantitative estimate of drug-likeness (QED) is 0.483. The van der Waals surface area contributed by atoms with E-state index in [9.17, 15) is 9.59 Å². The van der Waals surface area contributed by atoms with Gasteiger partial charge in [-0.15, -0.1) is 10.2 Å². The highest BCUT2D eigenvalue weighted by molar-refractivity contribution is 6.04. The average Bonchev–Trinajstić information content (AvgIpc) is 3.24. The fourth-order valence-corrected chi connectivity index (χ4v) is 2.87. The molecule has 2 N–H and O–H groups in total. The summed E-state index contributed by atoms with van der Waals surface area (Å²) in [4.78, 5) is 34.2. The Bertz CT molecular complexity index is 1250. The summed E-state index contributed by atoms with van der Waals surface area (Å²) >= 11 is 0. The largest absolute Gasteiger partial charge is 0.324 e. The van der Waals surface area contributed by atoms with E-state index in [-0.39, 0.29) is 24.0 Å². The lowest BCUT2D eigenvalue weighted by Crippen LogP contribution is -2.20. The molecule has 2 aromatic heterocycles. The Balaban J connectivity index is 1.47. The van der Waals surface area contributed by atoms with Gasteiger partial charge in [-0.1, -0.05) is 29.8 Å². The van der Waals surface area contributed by atoms with Gasteiger partial charge in [0.15, 0.2) is 0 Å². The molecule has 0 unspecified atom stereocenters. The standard InChI is InChI=1S/C22H20N8O2/c1-14-7-9-16(10-8-14)25-20(31)13-30-28-21(27-29-30)17-5-3-4-6-18(17)26-22(32)19-12-23-15(2)11-24-19/h3-12H,13H2,1-2H3,(H,25,31)(H,26,32). The molecule has 0 aliphatic rings. The molecule has 0 aliphatic carbocycles. The average molecular weight is 428 g/mol. The van der Waals surface area contributed by atoms with Crippen LogP contribution in [0.25, 0.3) is 11.4 Å². The highest BCUT2D eigenvalue weighted by atomic mass is 16.2. The Morgan fingerprint density at radius 1 is 0.938 bits per heavy atom. The van der Waals surface area contributed by atoms with Gasteiger partial charge >= 0.3 is 0 Å². The molecule has 0 fully saturated rings. The molecular formula is C22H20N8O2. The lowest BCUT2D eigenvalue weighted by molar-refractivity contribution is -0.117. The van der Waals surface area contributed by atoms with Crippen LogP contribution >= 0.6 is 0 Å². The Morgan fingerprint density at radius 2 is 1.72 bits per heavy atom. The third-order valence-electron chi connectivity index (χ3n) is 4.50. The minimum Gasteiger partial charge on any atom is -0.324 e. The Hall–Kier alpha value is -4.47. The second-order valence-electron chi connectivity index (χ2n) is 7.10. The van der Waals surface area contributed by atoms with E-state index in [4.69, 9.17) is 0 Å². The number of hydrogen-bond acceptors (Lipinski definition) is 7. The van der Waals surface area contributed by atoms with Crippen molar-refractivity contribution in [3.05, 3.63) is 77.9 Å². The second-order valence-corrected chi connectivity index (χ2v) is 7.10. The molecule has 0 radical (unpaired) electrons. The van der Waals surface area contributed by atoms with Crippen LogP contribution in [0.1, 0.15) is 21.7 Å². The third kappa shape index (κ3) is 4.98. The maximum absolute atomic E-state index is 12.5. The molecule has 32 heavy (non-hydrogen) atoms. The van der Waals surface area contributed by atoms with Crippen LogP contribution in [0.3, 0.4) is 0 Å². The summed E-state index contributed by atoms with van der Waals surface area (Å²) in [5.74, 6) is -0.411. The van der Waals surface area contributed by atoms with Crippen molar-refractivity contribution < 1.29 is 9.59 Å². The molecule has 0 saturated carbocycles. The molecule has 160 valence electrons. The number of benzene rings is 2. The number of aryl methyl sites for hydroxylation is 2. The van der Waals surface area contributed by atoms with E-state index < -0.39 is 5.91 Å². The summed E-state index contributed by atoms with van der Waals surface area (Å²) in [5, 5.41) is 17.9. The van der Waals surface area contributed by atoms with Gasteiger partial charge in [0.2, 0.25) is 11.7 Å². The van der Waals surface area contributed by atoms with E-state index in [1.165, 1.54) is 17.2 Å². The molecule has 0 bridgehead atoms. The molecule has 4 aromatic rings. The highest BCUT2D eigenvalue weighted by Gasteiger charge is 2.15. The van der Waals surface area contributed by atoms with Crippen molar-refractivity contribution in [3.8, 4) is 11.4 Å². The van der Waals surface area contributed by atoms with Crippen LogP contribution in [0, 0.1) is 13.8 Å². The summed E-state index contributed by atoms with van der Waals surface area (Å²) < 4.78 is 0. The van der Waals surface area contributed by atoms with Crippen molar-refractivity contribution in [1.29, 1.82) is 0 Å². The van der Waals surface area contributed by atoms with Gasteiger partial charge in [-0.2, -0.15) is 4.80 Å². The van der Waals surface area contributed by atoms with Crippen LogP contribution in [0.4, 0.5) is 11.4 Å². The topological polar surface area (TPSA) is 128 Å². The summed E-state index contributed by atoms with van der Waals surface area (Å²) in [6, 6.07) is 14.5. The monoisotopic (exact) mass is 428 g/mol. The molecule has 10 heteroatoms. The van der Waals surface area contributed by atoms with Crippen molar-refractivity contribution >= 4 is 23.2 Å². The van der Waals surface area contributed by atoms with Gasteiger partial charge in [0.05, 0.1) is 17.6 Å². The molecule has 2 heterocycles. The van der Waals surface area contributed by atoms with Crippen LogP contribution in [-0.2, 0) is 11.3 Å². The maximum Gasteiger partial charge on any atom is 0.275 e. The van der Waals surface area contributed by atoms with E-state index in [1.54, 1.807) is 31.2 Å². The predicted molar refractivity (Wildman–Crippen MR) is 118 cm³/mol. The number of aromatic nitrogens is 6. The first-order valence-corrected chi connectivity index (χ1v) is 9.81.